The van der Waals surface area contributed by atoms with Gasteiger partial charge in [0.1, 0.15) is 0 Å². The number of carbonyl (C=O) groups excluding carboxylic acids is 1. The molecule has 3 saturated heterocycles. The van der Waals surface area contributed by atoms with Crippen molar-refractivity contribution in [3.63, 3.8) is 0 Å². The standard InChI is InChI=1S/C20H25NO.ClH/c22-20-16-6-2-4-14-3-1-5-15(19(14)16)11-17(20)18-12-21-9-7-13(18)8-10-21;/h2,4,6,13,15,17-18H,1,3,5,7-12H2;1H/t15-,17?,18-;/m1./s1. The second-order valence-electron chi connectivity index (χ2n) is 7.98. The van der Waals surface area contributed by atoms with E-state index < -0.39 is 0 Å². The molecule has 2 bridgehead atoms. The number of hydrogen-bond donors (Lipinski definition) is 0. The minimum atomic E-state index is 0. The molecule has 0 saturated carbocycles. The Labute approximate surface area is 145 Å². The predicted octanol–water partition coefficient (Wildman–Crippen LogP) is 4.07. The van der Waals surface area contributed by atoms with E-state index >= 15 is 0 Å². The fourth-order valence-corrected chi connectivity index (χ4v) is 5.90. The first-order chi connectivity index (χ1) is 10.8. The third-order valence-electron chi connectivity index (χ3n) is 6.97. The fourth-order valence-electron chi connectivity index (χ4n) is 5.90. The molecule has 6 rings (SSSR count). The van der Waals surface area contributed by atoms with Gasteiger partial charge in [-0.2, -0.15) is 0 Å². The quantitative estimate of drug-likeness (QED) is 0.773. The van der Waals surface area contributed by atoms with Gasteiger partial charge in [0, 0.05) is 18.0 Å². The Bertz CT molecular complexity index is 620. The molecule has 0 N–H and O–H groups in total. The van der Waals surface area contributed by atoms with Gasteiger partial charge in [-0.05, 0) is 80.5 Å². The van der Waals surface area contributed by atoms with Crippen molar-refractivity contribution in [3.05, 3.63) is 34.9 Å². The van der Waals surface area contributed by atoms with Crippen molar-refractivity contribution in [3.8, 4) is 0 Å². The number of rotatable bonds is 1. The molecule has 3 aliphatic heterocycles. The zero-order valence-corrected chi connectivity index (χ0v) is 14.5. The second-order valence-corrected chi connectivity index (χ2v) is 7.98. The lowest BCUT2D eigenvalue weighted by Crippen LogP contribution is -2.52. The second kappa shape index (κ2) is 5.89. The van der Waals surface area contributed by atoms with E-state index in [2.05, 4.69) is 23.1 Å². The van der Waals surface area contributed by atoms with Gasteiger partial charge < -0.3 is 4.90 Å². The highest BCUT2D eigenvalue weighted by Gasteiger charge is 2.45. The van der Waals surface area contributed by atoms with E-state index in [4.69, 9.17) is 0 Å². The highest BCUT2D eigenvalue weighted by atomic mass is 35.5. The van der Waals surface area contributed by atoms with Gasteiger partial charge in [-0.1, -0.05) is 18.2 Å². The van der Waals surface area contributed by atoms with Crippen LogP contribution >= 0.6 is 12.4 Å². The highest BCUT2D eigenvalue weighted by Crippen LogP contribution is 2.48. The summed E-state index contributed by atoms with van der Waals surface area (Å²) in [6, 6.07) is 6.49. The van der Waals surface area contributed by atoms with Gasteiger partial charge in [0.15, 0.2) is 5.78 Å². The lowest BCUT2D eigenvalue weighted by molar-refractivity contribution is 0.0145. The van der Waals surface area contributed by atoms with Crippen LogP contribution in [0.5, 0.6) is 0 Å². The predicted molar refractivity (Wildman–Crippen MR) is 94.5 cm³/mol. The summed E-state index contributed by atoms with van der Waals surface area (Å²) in [5, 5.41) is 0. The summed E-state index contributed by atoms with van der Waals surface area (Å²) < 4.78 is 0. The maximum absolute atomic E-state index is 13.2. The lowest BCUT2D eigenvalue weighted by Gasteiger charge is -2.49. The molecular weight excluding hydrogens is 306 g/mol. The van der Waals surface area contributed by atoms with Gasteiger partial charge >= 0.3 is 0 Å². The van der Waals surface area contributed by atoms with Crippen LogP contribution in [0.3, 0.4) is 0 Å². The van der Waals surface area contributed by atoms with Crippen molar-refractivity contribution in [1.29, 1.82) is 0 Å². The number of hydrogen-bond acceptors (Lipinski definition) is 2. The zero-order valence-electron chi connectivity index (χ0n) is 13.7. The molecule has 3 heteroatoms. The Morgan fingerprint density at radius 3 is 2.65 bits per heavy atom. The summed E-state index contributed by atoms with van der Waals surface area (Å²) in [5.74, 6) is 2.90. The van der Waals surface area contributed by atoms with Crippen molar-refractivity contribution in [1.82, 2.24) is 4.90 Å². The van der Waals surface area contributed by atoms with Crippen LogP contribution in [-0.2, 0) is 6.42 Å². The Morgan fingerprint density at radius 2 is 1.91 bits per heavy atom. The smallest absolute Gasteiger partial charge is 0.166 e. The molecule has 0 spiro atoms. The van der Waals surface area contributed by atoms with Crippen LogP contribution in [0.2, 0.25) is 0 Å². The van der Waals surface area contributed by atoms with Crippen LogP contribution < -0.4 is 0 Å². The molecule has 3 atom stereocenters. The molecule has 0 amide bonds. The Morgan fingerprint density at radius 1 is 1.09 bits per heavy atom. The monoisotopic (exact) mass is 331 g/mol. The minimum Gasteiger partial charge on any atom is -0.303 e. The number of aryl methyl sites for hydroxylation is 1. The molecule has 124 valence electrons. The summed E-state index contributed by atoms with van der Waals surface area (Å²) in [6.07, 6.45) is 7.57. The van der Waals surface area contributed by atoms with E-state index in [-0.39, 0.29) is 12.4 Å². The molecule has 0 aromatic heterocycles. The van der Waals surface area contributed by atoms with Crippen molar-refractivity contribution < 1.29 is 4.79 Å². The normalized spacial score (nSPS) is 37.9. The van der Waals surface area contributed by atoms with Crippen LogP contribution in [0.4, 0.5) is 0 Å². The van der Waals surface area contributed by atoms with E-state index in [1.165, 1.54) is 62.9 Å². The van der Waals surface area contributed by atoms with Crippen molar-refractivity contribution >= 4 is 18.2 Å². The summed E-state index contributed by atoms with van der Waals surface area (Å²) in [6.45, 7) is 3.72. The Hall–Kier alpha value is -0.860. The van der Waals surface area contributed by atoms with Crippen LogP contribution in [0.25, 0.3) is 0 Å². The van der Waals surface area contributed by atoms with E-state index in [1.54, 1.807) is 0 Å². The van der Waals surface area contributed by atoms with Crippen LogP contribution in [0.15, 0.2) is 18.2 Å². The average molecular weight is 332 g/mol. The van der Waals surface area contributed by atoms with Crippen molar-refractivity contribution in [2.75, 3.05) is 19.6 Å². The number of fused-ring (bicyclic) bond motifs is 3. The maximum atomic E-state index is 13.2. The summed E-state index contributed by atoms with van der Waals surface area (Å²) in [5.41, 5.74) is 4.00. The van der Waals surface area contributed by atoms with Crippen molar-refractivity contribution in [2.24, 2.45) is 17.8 Å². The number of piperidine rings is 3. The number of Topliss-reactive ketones (excluding diaryl/α,β-unsaturated/α-hetero) is 1. The molecule has 2 aliphatic carbocycles. The highest BCUT2D eigenvalue weighted by molar-refractivity contribution is 6.01. The topological polar surface area (TPSA) is 20.3 Å². The van der Waals surface area contributed by atoms with E-state index in [1.807, 2.05) is 0 Å². The molecule has 1 aromatic carbocycles. The van der Waals surface area contributed by atoms with E-state index in [0.29, 0.717) is 23.5 Å². The van der Waals surface area contributed by atoms with Gasteiger partial charge in [-0.25, -0.2) is 0 Å². The lowest BCUT2D eigenvalue weighted by atomic mass is 9.62. The molecule has 0 radical (unpaired) electrons. The Kier molecular flexibility index (Phi) is 4.01. The van der Waals surface area contributed by atoms with Crippen LogP contribution in [-0.4, -0.2) is 30.3 Å². The van der Waals surface area contributed by atoms with E-state index in [9.17, 15) is 4.79 Å². The average Bonchev–Trinajstić information content (AvgIpc) is 2.59. The molecule has 1 aromatic rings. The molecule has 3 heterocycles. The molecule has 2 nitrogen and oxygen atoms in total. The summed E-state index contributed by atoms with van der Waals surface area (Å²) >= 11 is 0. The Balaban J connectivity index is 0.00000135. The third-order valence-corrected chi connectivity index (χ3v) is 6.97. The summed E-state index contributed by atoms with van der Waals surface area (Å²) in [7, 11) is 0. The number of halogens is 1. The molecular formula is C20H26ClNO. The molecule has 5 aliphatic rings. The van der Waals surface area contributed by atoms with Gasteiger partial charge in [-0.15, -0.1) is 12.4 Å². The van der Waals surface area contributed by atoms with Crippen LogP contribution in [0, 0.1) is 17.8 Å². The fraction of sp³-hybridized carbons (Fsp3) is 0.650. The SMILES string of the molecule is Cl.O=C1c2cccc3c2[C@H](CCC3)CC1[C@@H]1CN2CCC1CC2. The van der Waals surface area contributed by atoms with Gasteiger partial charge in [0.05, 0.1) is 0 Å². The third kappa shape index (κ3) is 2.37. The van der Waals surface area contributed by atoms with Gasteiger partial charge in [-0.3, -0.25) is 4.79 Å². The minimum absolute atomic E-state index is 0. The zero-order chi connectivity index (χ0) is 14.7. The molecule has 3 fully saturated rings. The molecule has 23 heavy (non-hydrogen) atoms. The first-order valence-electron chi connectivity index (χ1n) is 9.19. The van der Waals surface area contributed by atoms with Gasteiger partial charge in [0.2, 0.25) is 0 Å². The number of benzene rings is 1. The number of nitrogens with zero attached hydrogens (tertiary/aromatic N) is 1. The maximum Gasteiger partial charge on any atom is 0.166 e. The van der Waals surface area contributed by atoms with Gasteiger partial charge in [0.25, 0.3) is 0 Å². The first kappa shape index (κ1) is 15.7. The van der Waals surface area contributed by atoms with Crippen molar-refractivity contribution in [2.45, 2.75) is 44.4 Å². The van der Waals surface area contributed by atoms with E-state index in [0.717, 1.165) is 17.9 Å². The number of carbonyl (C=O) groups is 1. The number of ketones is 1. The largest absolute Gasteiger partial charge is 0.303 e. The summed E-state index contributed by atoms with van der Waals surface area (Å²) in [4.78, 5) is 15.8. The molecule has 1 unspecified atom stereocenters. The first-order valence-corrected chi connectivity index (χ1v) is 9.19. The van der Waals surface area contributed by atoms with Crippen LogP contribution in [0.1, 0.15) is 59.5 Å².